The van der Waals surface area contributed by atoms with Gasteiger partial charge in [0.05, 0.1) is 46.1 Å². The predicted molar refractivity (Wildman–Crippen MR) is 516 cm³/mol. The van der Waals surface area contributed by atoms with Crippen molar-refractivity contribution in [2.75, 3.05) is 184 Å². The molecule has 8 rings (SSSR count). The largest absolute Gasteiger partial charge is 0.494 e. The molecule has 0 fully saturated rings. The lowest BCUT2D eigenvalue weighted by Gasteiger charge is -2.16. The highest BCUT2D eigenvalue weighted by atomic mass is 35.5. The first kappa shape index (κ1) is 115. The van der Waals surface area contributed by atoms with Crippen molar-refractivity contribution in [3.05, 3.63) is 276 Å². The maximum atomic E-state index is 12.4. The Kier molecular flexibility index (Phi) is 70.2. The van der Waals surface area contributed by atoms with Crippen LogP contribution >= 0.6 is 46.4 Å². The van der Waals surface area contributed by atoms with Crippen molar-refractivity contribution < 1.29 is 72.2 Å². The average molecular weight is 1820 g/mol. The molecule has 0 heterocycles. The molecule has 692 valence electrons. The number of ketones is 4. The number of carbonyl (C=O) groups is 7. The second kappa shape index (κ2) is 77.0. The van der Waals surface area contributed by atoms with Gasteiger partial charge in [0.25, 0.3) is 0 Å². The first-order valence-corrected chi connectivity index (χ1v) is 45.6. The van der Waals surface area contributed by atoms with Crippen LogP contribution in [0.4, 0.5) is 0 Å². The SMILES string of the molecule is C=CC(=O)OCCCN(C)CCCOc1ccc(C(=O)c2ccccc2)cc1.CCN(CC)CC.CCN(CC)CC.CN(CCCO)CCCOc1ccc(C(=O)c2ccccc2)cc1.CN(CCCOC(=O)CCCl)CCCOc1ccc(C(=O)c2ccccc2)cc1.CNCCCO.O=C(Cl)CCCl.O=C(c1ccccc1)c1ccc(OCCCCl)cc1. The molecule has 0 aliphatic heterocycles. The Morgan fingerprint density at radius 3 is 0.810 bits per heavy atom. The monoisotopic (exact) mass is 1820 g/mol. The Morgan fingerprint density at radius 1 is 0.341 bits per heavy atom. The quantitative estimate of drug-likeness (QED) is 0.00801. The zero-order valence-electron chi connectivity index (χ0n) is 76.1. The molecule has 0 saturated heterocycles. The number of nitrogens with zero attached hydrogens (tertiary/aromatic N) is 5. The fourth-order valence-electron chi connectivity index (χ4n) is 11.2. The molecule has 3 N–H and O–H groups in total. The standard InChI is InChI=1S/C23H28ClNO4.C23H27NO4.C20H25NO3.C16H15ClO2.2C6H15N.C4H11NO.C3H4Cl2O/c1-25(16-6-18-29-22(26)13-14-24)15-5-17-28-21-11-9-20(10-12-21)23(27)19-7-3-2-4-8-19;1-3-22(25)28-18-8-16-24(2)15-7-17-27-21-13-11-20(12-14-21)23(26)19-9-5-4-6-10-19;1-21(13-5-15-22)14-6-16-24-19-11-9-18(10-12-19)20(23)17-7-3-2-4-8-17;17-11-4-12-19-15-9-7-14(8-10-15)16(18)13-5-2-1-3-6-13;2*1-4-7(5-2)6-3;1-5-3-2-4-6;4-2-1-3(5)6/h2-4,7-12H,5-6,13-18H2,1H3;3-6,9-14H,1,7-8,15-18H2,2H3;2-4,7-12,22H,5-6,13-16H2,1H3;1-3,5-10H,4,11-12H2;2*4-6H2,1-3H3;5-6H,2-4H2,1H3;1-2H2. The summed E-state index contributed by atoms with van der Waals surface area (Å²) >= 11 is 21.0. The Balaban J connectivity index is 0.000000769. The number of benzene rings is 8. The first-order chi connectivity index (χ1) is 61.1. The van der Waals surface area contributed by atoms with E-state index in [0.717, 1.165) is 120 Å². The molecular formula is C101H140Cl4N6O15. The number of nitrogens with one attached hydrogen (secondary N) is 1. The number of rotatable bonds is 52. The van der Waals surface area contributed by atoms with E-state index in [4.69, 9.17) is 85.0 Å². The molecule has 8 aromatic rings. The van der Waals surface area contributed by atoms with Gasteiger partial charge in [-0.15, -0.1) is 34.8 Å². The van der Waals surface area contributed by atoms with Crippen molar-refractivity contribution in [3.63, 3.8) is 0 Å². The molecule has 126 heavy (non-hydrogen) atoms. The zero-order valence-corrected chi connectivity index (χ0v) is 79.1. The number of hydrogen-bond acceptors (Lipinski definition) is 21. The lowest BCUT2D eigenvalue weighted by Crippen LogP contribution is -2.23. The Morgan fingerprint density at radius 2 is 0.595 bits per heavy atom. The molecule has 0 aromatic heterocycles. The maximum Gasteiger partial charge on any atom is 0.330 e. The van der Waals surface area contributed by atoms with Crippen LogP contribution in [0.1, 0.15) is 169 Å². The van der Waals surface area contributed by atoms with Crippen molar-refractivity contribution in [2.24, 2.45) is 0 Å². The molecule has 0 radical (unpaired) electrons. The molecule has 0 spiro atoms. The van der Waals surface area contributed by atoms with Gasteiger partial charge in [0.2, 0.25) is 5.24 Å². The van der Waals surface area contributed by atoms with E-state index >= 15 is 0 Å². The van der Waals surface area contributed by atoms with E-state index in [9.17, 15) is 33.6 Å². The molecule has 0 bridgehead atoms. The Labute approximate surface area is 771 Å². The van der Waals surface area contributed by atoms with E-state index in [1.165, 1.54) is 45.3 Å². The average Bonchev–Trinajstić information content (AvgIpc) is 0.871. The smallest absolute Gasteiger partial charge is 0.330 e. The Hall–Kier alpha value is -9.17. The third kappa shape index (κ3) is 56.8. The highest BCUT2D eigenvalue weighted by Crippen LogP contribution is 2.21. The molecule has 25 heteroatoms. The van der Waals surface area contributed by atoms with E-state index in [2.05, 4.69) is 77.9 Å². The fourth-order valence-corrected chi connectivity index (χ4v) is 11.9. The first-order valence-electron chi connectivity index (χ1n) is 43.6. The molecular weight excluding hydrogens is 1680 g/mol. The predicted octanol–water partition coefficient (Wildman–Crippen LogP) is 18.5. The van der Waals surface area contributed by atoms with Crippen LogP contribution in [-0.4, -0.2) is 259 Å². The van der Waals surface area contributed by atoms with E-state index in [1.54, 1.807) is 48.5 Å². The van der Waals surface area contributed by atoms with Gasteiger partial charge < -0.3 is 68.5 Å². The van der Waals surface area contributed by atoms with Gasteiger partial charge in [-0.05, 0) is 234 Å². The van der Waals surface area contributed by atoms with Crippen molar-refractivity contribution in [1.29, 1.82) is 0 Å². The van der Waals surface area contributed by atoms with Crippen LogP contribution < -0.4 is 24.3 Å². The van der Waals surface area contributed by atoms with Gasteiger partial charge in [0.1, 0.15) is 23.0 Å². The van der Waals surface area contributed by atoms with Crippen LogP contribution in [0.2, 0.25) is 0 Å². The van der Waals surface area contributed by atoms with Gasteiger partial charge in [0.15, 0.2) is 23.1 Å². The van der Waals surface area contributed by atoms with Crippen LogP contribution in [0.5, 0.6) is 23.0 Å². The topological polar surface area (TPSA) is 244 Å². The number of aliphatic hydroxyl groups is 2. The van der Waals surface area contributed by atoms with Crippen LogP contribution in [0.3, 0.4) is 0 Å². The van der Waals surface area contributed by atoms with Crippen LogP contribution in [0.25, 0.3) is 0 Å². The highest BCUT2D eigenvalue weighted by molar-refractivity contribution is 6.63. The summed E-state index contributed by atoms with van der Waals surface area (Å²) in [5, 5.41) is 19.5. The van der Waals surface area contributed by atoms with E-state index in [-0.39, 0.29) is 59.8 Å². The molecule has 0 atom stereocenters. The van der Waals surface area contributed by atoms with Crippen molar-refractivity contribution >= 4 is 86.7 Å². The highest BCUT2D eigenvalue weighted by Gasteiger charge is 2.14. The number of aliphatic hydroxyl groups excluding tert-OH is 2. The molecule has 0 amide bonds. The number of esters is 2. The summed E-state index contributed by atoms with van der Waals surface area (Å²) in [6.07, 6.45) is 8.44. The third-order valence-corrected chi connectivity index (χ3v) is 19.4. The second-order valence-electron chi connectivity index (χ2n) is 28.3. The number of alkyl halides is 3. The molecule has 8 aromatic carbocycles. The van der Waals surface area contributed by atoms with Gasteiger partial charge in [-0.3, -0.25) is 28.8 Å². The fraction of sp³-hybridized carbons (Fsp3) is 0.436. The number of hydrogen-bond donors (Lipinski definition) is 3. The summed E-state index contributed by atoms with van der Waals surface area (Å²) in [6, 6.07) is 65.9. The number of halogens is 4. The van der Waals surface area contributed by atoms with Crippen molar-refractivity contribution in [3.8, 4) is 23.0 Å². The maximum absolute atomic E-state index is 12.4. The summed E-state index contributed by atoms with van der Waals surface area (Å²) in [7, 11) is 7.97. The lowest BCUT2D eigenvalue weighted by molar-refractivity contribution is -0.143. The summed E-state index contributed by atoms with van der Waals surface area (Å²) in [6.45, 7) is 33.6. The number of ether oxygens (including phenoxy) is 6. The van der Waals surface area contributed by atoms with Gasteiger partial charge in [0, 0.05) is 127 Å². The van der Waals surface area contributed by atoms with Gasteiger partial charge in [-0.2, -0.15) is 0 Å². The summed E-state index contributed by atoms with van der Waals surface area (Å²) < 4.78 is 32.7. The second-order valence-corrected chi connectivity index (χ2v) is 29.9. The third-order valence-electron chi connectivity index (χ3n) is 18.6. The normalized spacial score (nSPS) is 10.4. The van der Waals surface area contributed by atoms with Crippen molar-refractivity contribution in [1.82, 2.24) is 29.8 Å². The minimum atomic E-state index is -0.382. The van der Waals surface area contributed by atoms with Gasteiger partial charge in [-0.25, -0.2) is 4.79 Å². The Bertz CT molecular complexity index is 4040. The minimum Gasteiger partial charge on any atom is -0.494 e. The van der Waals surface area contributed by atoms with Crippen LogP contribution in [-0.2, 0) is 23.9 Å². The van der Waals surface area contributed by atoms with E-state index in [1.807, 2.05) is 198 Å². The lowest BCUT2D eigenvalue weighted by atomic mass is 10.0. The zero-order chi connectivity index (χ0) is 93.0. The van der Waals surface area contributed by atoms with E-state index in [0.29, 0.717) is 108 Å². The molecule has 0 unspecified atom stereocenters. The molecule has 0 aliphatic carbocycles. The molecule has 21 nitrogen and oxygen atoms in total. The van der Waals surface area contributed by atoms with Gasteiger partial charge in [-0.1, -0.05) is 169 Å². The summed E-state index contributed by atoms with van der Waals surface area (Å²) in [4.78, 5) is 92.4. The van der Waals surface area contributed by atoms with E-state index < -0.39 is 0 Å². The van der Waals surface area contributed by atoms with Crippen LogP contribution in [0, 0.1) is 0 Å². The molecule has 0 aliphatic rings. The van der Waals surface area contributed by atoms with Crippen molar-refractivity contribution in [2.45, 2.75) is 106 Å². The minimum absolute atomic E-state index is 0.00658. The summed E-state index contributed by atoms with van der Waals surface area (Å²) in [5.41, 5.74) is 5.37. The van der Waals surface area contributed by atoms with Crippen LogP contribution in [0.15, 0.2) is 231 Å². The van der Waals surface area contributed by atoms with Gasteiger partial charge >= 0.3 is 11.9 Å². The summed E-state index contributed by atoms with van der Waals surface area (Å²) in [5.74, 6) is 3.68. The number of carbonyl (C=O) groups excluding carboxylic acids is 7. The molecule has 0 saturated carbocycles.